The van der Waals surface area contributed by atoms with Crippen molar-refractivity contribution in [3.05, 3.63) is 47.8 Å². The van der Waals surface area contributed by atoms with Crippen molar-refractivity contribution in [2.24, 2.45) is 0 Å². The zero-order valence-electron chi connectivity index (χ0n) is 11.5. The highest BCUT2D eigenvalue weighted by Gasteiger charge is 2.19. The third kappa shape index (κ3) is 2.65. The molecule has 0 saturated heterocycles. The first-order valence-electron chi connectivity index (χ1n) is 7.21. The number of fused-ring (bicyclic) bond motifs is 1. The molecule has 3 heteroatoms. The molecule has 3 nitrogen and oxygen atoms in total. The summed E-state index contributed by atoms with van der Waals surface area (Å²) in [5.74, 6) is 1.02. The lowest BCUT2D eigenvalue weighted by molar-refractivity contribution is 0.593. The number of hydrogen-bond donors (Lipinski definition) is 1. The SMILES string of the molecule is CCCn1ccnc1NC1CCc2ccccc2C1. The molecule has 0 amide bonds. The van der Waals surface area contributed by atoms with Crippen molar-refractivity contribution in [3.63, 3.8) is 0 Å². The molecule has 1 aromatic carbocycles. The van der Waals surface area contributed by atoms with Gasteiger partial charge >= 0.3 is 0 Å². The van der Waals surface area contributed by atoms with E-state index in [2.05, 4.69) is 52.3 Å². The van der Waals surface area contributed by atoms with Gasteiger partial charge in [-0.1, -0.05) is 31.2 Å². The summed E-state index contributed by atoms with van der Waals surface area (Å²) in [5, 5.41) is 3.61. The van der Waals surface area contributed by atoms with Crippen LogP contribution in [0.3, 0.4) is 0 Å². The van der Waals surface area contributed by atoms with Gasteiger partial charge in [0.2, 0.25) is 5.95 Å². The average Bonchev–Trinajstić information content (AvgIpc) is 2.86. The van der Waals surface area contributed by atoms with Crippen LogP contribution < -0.4 is 5.32 Å². The van der Waals surface area contributed by atoms with Crippen LogP contribution in [0.5, 0.6) is 0 Å². The predicted molar refractivity (Wildman–Crippen MR) is 78.4 cm³/mol. The number of rotatable bonds is 4. The van der Waals surface area contributed by atoms with Gasteiger partial charge in [-0.05, 0) is 36.8 Å². The second-order valence-electron chi connectivity index (χ2n) is 5.30. The third-order valence-electron chi connectivity index (χ3n) is 3.86. The fourth-order valence-corrected chi connectivity index (χ4v) is 2.87. The fourth-order valence-electron chi connectivity index (χ4n) is 2.87. The quantitative estimate of drug-likeness (QED) is 0.908. The standard InChI is InChI=1S/C16H21N3/c1-2-10-19-11-9-17-16(19)18-15-8-7-13-5-3-4-6-14(13)12-15/h3-6,9,11,15H,2,7-8,10,12H2,1H3,(H,17,18). The fraction of sp³-hybridized carbons (Fsp3) is 0.438. The third-order valence-corrected chi connectivity index (χ3v) is 3.86. The number of aromatic nitrogens is 2. The lowest BCUT2D eigenvalue weighted by Crippen LogP contribution is -2.28. The molecule has 1 heterocycles. The summed E-state index contributed by atoms with van der Waals surface area (Å²) in [5.41, 5.74) is 3.00. The van der Waals surface area contributed by atoms with Crippen molar-refractivity contribution >= 4 is 5.95 Å². The number of nitrogens with one attached hydrogen (secondary N) is 1. The van der Waals surface area contributed by atoms with E-state index in [1.165, 1.54) is 24.0 Å². The lowest BCUT2D eigenvalue weighted by Gasteiger charge is -2.26. The topological polar surface area (TPSA) is 29.9 Å². The number of aryl methyl sites for hydroxylation is 2. The maximum atomic E-state index is 4.44. The van der Waals surface area contributed by atoms with Crippen LogP contribution in [0.15, 0.2) is 36.7 Å². The van der Waals surface area contributed by atoms with E-state index >= 15 is 0 Å². The average molecular weight is 255 g/mol. The molecular formula is C16H21N3. The van der Waals surface area contributed by atoms with Crippen molar-refractivity contribution in [2.75, 3.05) is 5.32 Å². The Hall–Kier alpha value is -1.77. The summed E-state index contributed by atoms with van der Waals surface area (Å²) in [4.78, 5) is 4.44. The van der Waals surface area contributed by atoms with E-state index in [0.717, 1.165) is 25.3 Å². The summed E-state index contributed by atoms with van der Waals surface area (Å²) in [6.45, 7) is 3.23. The molecule has 0 fully saturated rings. The first-order valence-corrected chi connectivity index (χ1v) is 7.21. The highest BCUT2D eigenvalue weighted by molar-refractivity contribution is 5.35. The Morgan fingerprint density at radius 2 is 2.16 bits per heavy atom. The maximum absolute atomic E-state index is 4.44. The van der Waals surface area contributed by atoms with E-state index < -0.39 is 0 Å². The molecule has 19 heavy (non-hydrogen) atoms. The van der Waals surface area contributed by atoms with Gasteiger partial charge in [0.1, 0.15) is 0 Å². The van der Waals surface area contributed by atoms with Gasteiger partial charge in [0.15, 0.2) is 0 Å². The maximum Gasteiger partial charge on any atom is 0.202 e. The Labute approximate surface area is 114 Å². The van der Waals surface area contributed by atoms with Gasteiger partial charge in [-0.15, -0.1) is 0 Å². The largest absolute Gasteiger partial charge is 0.353 e. The number of hydrogen-bond acceptors (Lipinski definition) is 2. The summed E-state index contributed by atoms with van der Waals surface area (Å²) < 4.78 is 2.21. The molecule has 1 atom stereocenters. The summed E-state index contributed by atoms with van der Waals surface area (Å²) in [6, 6.07) is 9.29. The van der Waals surface area contributed by atoms with Crippen LogP contribution in [0.2, 0.25) is 0 Å². The zero-order valence-corrected chi connectivity index (χ0v) is 11.5. The van der Waals surface area contributed by atoms with Gasteiger partial charge in [-0.3, -0.25) is 0 Å². The highest BCUT2D eigenvalue weighted by atomic mass is 15.2. The Morgan fingerprint density at radius 1 is 1.32 bits per heavy atom. The lowest BCUT2D eigenvalue weighted by atomic mass is 9.88. The van der Waals surface area contributed by atoms with Crippen LogP contribution in [0.1, 0.15) is 30.9 Å². The molecule has 1 N–H and O–H groups in total. The van der Waals surface area contributed by atoms with E-state index in [-0.39, 0.29) is 0 Å². The van der Waals surface area contributed by atoms with Crippen LogP contribution in [-0.2, 0) is 19.4 Å². The van der Waals surface area contributed by atoms with Gasteiger partial charge in [-0.25, -0.2) is 4.98 Å². The second-order valence-corrected chi connectivity index (χ2v) is 5.30. The first kappa shape index (κ1) is 12.3. The number of benzene rings is 1. The van der Waals surface area contributed by atoms with Gasteiger partial charge in [0.05, 0.1) is 0 Å². The Balaban J connectivity index is 1.70. The van der Waals surface area contributed by atoms with Gasteiger partial charge in [-0.2, -0.15) is 0 Å². The first-order chi connectivity index (χ1) is 9.36. The molecule has 3 rings (SSSR count). The molecule has 1 aliphatic carbocycles. The molecule has 100 valence electrons. The van der Waals surface area contributed by atoms with Crippen molar-refractivity contribution in [1.29, 1.82) is 0 Å². The highest BCUT2D eigenvalue weighted by Crippen LogP contribution is 2.23. The van der Waals surface area contributed by atoms with E-state index in [1.807, 2.05) is 6.20 Å². The summed E-state index contributed by atoms with van der Waals surface area (Å²) >= 11 is 0. The predicted octanol–water partition coefficient (Wildman–Crippen LogP) is 3.26. The molecule has 0 spiro atoms. The van der Waals surface area contributed by atoms with Crippen LogP contribution in [-0.4, -0.2) is 15.6 Å². The zero-order chi connectivity index (χ0) is 13.1. The van der Waals surface area contributed by atoms with E-state index in [4.69, 9.17) is 0 Å². The van der Waals surface area contributed by atoms with Gasteiger partial charge in [0.25, 0.3) is 0 Å². The number of imidazole rings is 1. The minimum absolute atomic E-state index is 0.507. The molecule has 0 bridgehead atoms. The van der Waals surface area contributed by atoms with Crippen LogP contribution >= 0.6 is 0 Å². The Morgan fingerprint density at radius 3 is 3.00 bits per heavy atom. The van der Waals surface area contributed by atoms with Crippen LogP contribution in [0, 0.1) is 0 Å². The minimum Gasteiger partial charge on any atom is -0.353 e. The smallest absolute Gasteiger partial charge is 0.202 e. The van der Waals surface area contributed by atoms with Crippen molar-refractivity contribution in [1.82, 2.24) is 9.55 Å². The Bertz CT molecular complexity index is 544. The molecule has 2 aromatic rings. The molecule has 0 radical (unpaired) electrons. The molecule has 0 aliphatic heterocycles. The molecular weight excluding hydrogens is 234 g/mol. The summed E-state index contributed by atoms with van der Waals surface area (Å²) in [7, 11) is 0. The molecule has 0 saturated carbocycles. The van der Waals surface area contributed by atoms with Crippen molar-refractivity contribution in [3.8, 4) is 0 Å². The van der Waals surface area contributed by atoms with E-state index in [1.54, 1.807) is 0 Å². The second kappa shape index (κ2) is 5.47. The minimum atomic E-state index is 0.507. The monoisotopic (exact) mass is 255 g/mol. The normalized spacial score (nSPS) is 18.1. The van der Waals surface area contributed by atoms with Crippen molar-refractivity contribution in [2.45, 2.75) is 45.2 Å². The van der Waals surface area contributed by atoms with Crippen molar-refractivity contribution < 1.29 is 0 Å². The number of nitrogens with zero attached hydrogens (tertiary/aromatic N) is 2. The molecule has 1 aromatic heterocycles. The van der Waals surface area contributed by atoms with Gasteiger partial charge < -0.3 is 9.88 Å². The molecule has 1 aliphatic rings. The van der Waals surface area contributed by atoms with Crippen LogP contribution in [0.25, 0.3) is 0 Å². The van der Waals surface area contributed by atoms with Gasteiger partial charge in [0, 0.05) is 25.0 Å². The number of anilines is 1. The van der Waals surface area contributed by atoms with E-state index in [0.29, 0.717) is 6.04 Å². The van der Waals surface area contributed by atoms with Crippen LogP contribution in [0.4, 0.5) is 5.95 Å². The van der Waals surface area contributed by atoms with E-state index in [9.17, 15) is 0 Å². The summed E-state index contributed by atoms with van der Waals surface area (Å²) in [6.07, 6.45) is 8.55. The molecule has 1 unspecified atom stereocenters. The Kier molecular flexibility index (Phi) is 3.53.